The first-order valence-electron chi connectivity index (χ1n) is 6.70. The highest BCUT2D eigenvalue weighted by molar-refractivity contribution is 9.10. The van der Waals surface area contributed by atoms with Crippen LogP contribution in [0.15, 0.2) is 33.5 Å². The summed E-state index contributed by atoms with van der Waals surface area (Å²) in [7, 11) is 0. The Morgan fingerprint density at radius 3 is 2.84 bits per heavy atom. The molecule has 1 unspecified atom stereocenters. The van der Waals surface area contributed by atoms with Crippen LogP contribution in [0.3, 0.4) is 0 Å². The number of hydrogen-bond donors (Lipinski definition) is 1. The van der Waals surface area contributed by atoms with Gasteiger partial charge in [0, 0.05) is 12.6 Å². The molecule has 0 radical (unpaired) electrons. The van der Waals surface area contributed by atoms with Gasteiger partial charge >= 0.3 is 0 Å². The van der Waals surface area contributed by atoms with Crippen LogP contribution in [0.1, 0.15) is 49.3 Å². The quantitative estimate of drug-likeness (QED) is 0.934. The fourth-order valence-electron chi connectivity index (χ4n) is 2.66. The number of aliphatic hydroxyl groups is 1. The zero-order valence-electron chi connectivity index (χ0n) is 10.6. The van der Waals surface area contributed by atoms with Gasteiger partial charge in [0.25, 0.3) is 0 Å². The van der Waals surface area contributed by atoms with Gasteiger partial charge in [0.15, 0.2) is 4.67 Å². The van der Waals surface area contributed by atoms with Crippen molar-refractivity contribution in [3.8, 4) is 0 Å². The second-order valence-corrected chi connectivity index (χ2v) is 5.87. The predicted molar refractivity (Wildman–Crippen MR) is 74.8 cm³/mol. The van der Waals surface area contributed by atoms with E-state index in [2.05, 4.69) is 21.0 Å². The Bertz CT molecular complexity index is 543. The van der Waals surface area contributed by atoms with Crippen molar-refractivity contribution in [2.24, 2.45) is 0 Å². The van der Waals surface area contributed by atoms with Crippen LogP contribution in [0.2, 0.25) is 0 Å². The fraction of sp³-hybridized carbons (Fsp3) is 0.500. The molecule has 5 heteroatoms. The summed E-state index contributed by atoms with van der Waals surface area (Å²) in [5.74, 6) is 0.572. The van der Waals surface area contributed by atoms with Gasteiger partial charge in [-0.2, -0.15) is 5.10 Å². The van der Waals surface area contributed by atoms with Crippen molar-refractivity contribution in [1.82, 2.24) is 9.78 Å². The summed E-state index contributed by atoms with van der Waals surface area (Å²) in [4.78, 5) is 0. The van der Waals surface area contributed by atoms with Gasteiger partial charge < -0.3 is 9.52 Å². The van der Waals surface area contributed by atoms with Gasteiger partial charge in [-0.3, -0.25) is 4.68 Å². The zero-order chi connectivity index (χ0) is 13.2. The van der Waals surface area contributed by atoms with E-state index in [-0.39, 0.29) is 0 Å². The Morgan fingerprint density at radius 1 is 1.37 bits per heavy atom. The normalized spacial score (nSPS) is 18.0. The van der Waals surface area contributed by atoms with Crippen molar-refractivity contribution in [2.45, 2.75) is 44.2 Å². The van der Waals surface area contributed by atoms with E-state index in [0.717, 1.165) is 5.69 Å². The Morgan fingerprint density at radius 2 is 2.16 bits per heavy atom. The maximum atomic E-state index is 10.1. The average molecular weight is 325 g/mol. The SMILES string of the molecule is OC(Cc1ccn(C2CCCC2)n1)c1ccc(Br)o1. The molecule has 0 spiro atoms. The minimum atomic E-state index is -0.641. The van der Waals surface area contributed by atoms with Gasteiger partial charge in [0.2, 0.25) is 0 Å². The summed E-state index contributed by atoms with van der Waals surface area (Å²) in [6.07, 6.45) is 6.89. The van der Waals surface area contributed by atoms with Crippen LogP contribution in [0.25, 0.3) is 0 Å². The van der Waals surface area contributed by atoms with Crippen molar-refractivity contribution in [1.29, 1.82) is 0 Å². The predicted octanol–water partition coefficient (Wildman–Crippen LogP) is 3.63. The van der Waals surface area contributed by atoms with E-state index in [1.165, 1.54) is 25.7 Å². The zero-order valence-corrected chi connectivity index (χ0v) is 12.2. The van der Waals surface area contributed by atoms with Gasteiger partial charge in [-0.05, 0) is 47.0 Å². The topological polar surface area (TPSA) is 51.2 Å². The monoisotopic (exact) mass is 324 g/mol. The maximum Gasteiger partial charge on any atom is 0.169 e. The van der Waals surface area contributed by atoms with E-state index >= 15 is 0 Å². The van der Waals surface area contributed by atoms with Crippen molar-refractivity contribution >= 4 is 15.9 Å². The van der Waals surface area contributed by atoms with Crippen molar-refractivity contribution < 1.29 is 9.52 Å². The minimum Gasteiger partial charge on any atom is -0.452 e. The van der Waals surface area contributed by atoms with E-state index in [0.29, 0.717) is 22.9 Å². The average Bonchev–Trinajstić information content (AvgIpc) is 3.07. The summed E-state index contributed by atoms with van der Waals surface area (Å²) in [6.45, 7) is 0. The standard InChI is InChI=1S/C14H17BrN2O2/c15-14-6-5-13(19-14)12(18)9-10-7-8-17(16-10)11-3-1-2-4-11/h5-8,11-12,18H,1-4,9H2. The Balaban J connectivity index is 1.66. The molecule has 0 bridgehead atoms. The molecule has 2 aromatic rings. The van der Waals surface area contributed by atoms with Crippen molar-refractivity contribution in [2.75, 3.05) is 0 Å². The molecule has 1 atom stereocenters. The molecule has 1 N–H and O–H groups in total. The molecule has 0 saturated heterocycles. The third kappa shape index (κ3) is 2.92. The summed E-state index contributed by atoms with van der Waals surface area (Å²) in [6, 6.07) is 6.10. The van der Waals surface area contributed by atoms with E-state index in [1.807, 2.05) is 16.9 Å². The number of hydrogen-bond acceptors (Lipinski definition) is 3. The molecule has 0 amide bonds. The van der Waals surface area contributed by atoms with Crippen molar-refractivity contribution in [3.05, 3.63) is 40.5 Å². The van der Waals surface area contributed by atoms with Crippen LogP contribution in [0.4, 0.5) is 0 Å². The largest absolute Gasteiger partial charge is 0.452 e. The van der Waals surface area contributed by atoms with Gasteiger partial charge in [0.1, 0.15) is 11.9 Å². The first kappa shape index (κ1) is 12.9. The smallest absolute Gasteiger partial charge is 0.169 e. The molecular formula is C14H17BrN2O2. The number of halogens is 1. The molecule has 2 heterocycles. The number of aliphatic hydroxyl groups excluding tert-OH is 1. The molecule has 2 aromatic heterocycles. The van der Waals surface area contributed by atoms with E-state index in [4.69, 9.17) is 4.42 Å². The summed E-state index contributed by atoms with van der Waals surface area (Å²) >= 11 is 3.24. The van der Waals surface area contributed by atoms with Crippen LogP contribution < -0.4 is 0 Å². The molecule has 0 aromatic carbocycles. The molecule has 1 aliphatic carbocycles. The molecule has 102 valence electrons. The second-order valence-electron chi connectivity index (χ2n) is 5.09. The number of furan rings is 1. The van der Waals surface area contributed by atoms with Gasteiger partial charge in [0.05, 0.1) is 11.7 Å². The maximum absolute atomic E-state index is 10.1. The Hall–Kier alpha value is -1.07. The summed E-state index contributed by atoms with van der Waals surface area (Å²) < 4.78 is 8.04. The molecule has 1 aliphatic rings. The minimum absolute atomic E-state index is 0.486. The number of rotatable bonds is 4. The Kier molecular flexibility index (Phi) is 3.75. The second kappa shape index (κ2) is 5.51. The first-order valence-corrected chi connectivity index (χ1v) is 7.49. The van der Waals surface area contributed by atoms with Crippen LogP contribution >= 0.6 is 15.9 Å². The third-order valence-corrected chi connectivity index (χ3v) is 4.11. The lowest BCUT2D eigenvalue weighted by Crippen LogP contribution is -2.07. The molecule has 3 rings (SSSR count). The lowest BCUT2D eigenvalue weighted by Gasteiger charge is -2.09. The summed E-state index contributed by atoms with van der Waals surface area (Å²) in [5.41, 5.74) is 0.909. The van der Waals surface area contributed by atoms with Gasteiger partial charge in [-0.15, -0.1) is 0 Å². The van der Waals surface area contributed by atoms with Crippen molar-refractivity contribution in [3.63, 3.8) is 0 Å². The Labute approximate surface area is 120 Å². The molecule has 19 heavy (non-hydrogen) atoms. The molecule has 1 saturated carbocycles. The van der Waals surface area contributed by atoms with Crippen LogP contribution in [0.5, 0.6) is 0 Å². The highest BCUT2D eigenvalue weighted by Gasteiger charge is 2.19. The van der Waals surface area contributed by atoms with E-state index in [9.17, 15) is 5.11 Å². The van der Waals surface area contributed by atoms with Crippen LogP contribution in [-0.4, -0.2) is 14.9 Å². The highest BCUT2D eigenvalue weighted by atomic mass is 79.9. The lowest BCUT2D eigenvalue weighted by atomic mass is 10.1. The fourth-order valence-corrected chi connectivity index (χ4v) is 2.98. The van der Waals surface area contributed by atoms with Gasteiger partial charge in [-0.25, -0.2) is 0 Å². The van der Waals surface area contributed by atoms with Gasteiger partial charge in [-0.1, -0.05) is 12.8 Å². The van der Waals surface area contributed by atoms with E-state index < -0.39 is 6.10 Å². The molecular weight excluding hydrogens is 308 g/mol. The number of nitrogens with zero attached hydrogens (tertiary/aromatic N) is 2. The highest BCUT2D eigenvalue weighted by Crippen LogP contribution is 2.29. The van der Waals surface area contributed by atoms with E-state index in [1.54, 1.807) is 12.1 Å². The first-order chi connectivity index (χ1) is 9.22. The number of aromatic nitrogens is 2. The molecule has 4 nitrogen and oxygen atoms in total. The van der Waals surface area contributed by atoms with Crippen LogP contribution in [0, 0.1) is 0 Å². The summed E-state index contributed by atoms with van der Waals surface area (Å²) in [5, 5.41) is 14.7. The molecule has 1 fully saturated rings. The van der Waals surface area contributed by atoms with Crippen LogP contribution in [-0.2, 0) is 6.42 Å². The third-order valence-electron chi connectivity index (χ3n) is 3.69. The lowest BCUT2D eigenvalue weighted by molar-refractivity contribution is 0.147. The molecule has 0 aliphatic heterocycles.